The number of unbranched alkanes of at least 4 members (excludes halogenated alkanes) is 8. The van der Waals surface area contributed by atoms with Gasteiger partial charge in [-0.25, -0.2) is 4.79 Å². The number of thioether (sulfide) groups is 1. The Hall–Kier alpha value is -1.74. The molecule has 0 heterocycles. The molecule has 0 saturated heterocycles. The van der Waals surface area contributed by atoms with Crippen molar-refractivity contribution >= 4 is 17.7 Å². The minimum absolute atomic E-state index is 0.326. The average molecular weight is 385 g/mol. The van der Waals surface area contributed by atoms with Gasteiger partial charge in [-0.2, -0.15) is 0 Å². The molecule has 0 spiro atoms. The molecule has 27 heavy (non-hydrogen) atoms. The number of rotatable bonds is 13. The maximum Gasteiger partial charge on any atom is 0.335 e. The van der Waals surface area contributed by atoms with Gasteiger partial charge >= 0.3 is 5.97 Å². The average Bonchev–Trinajstić information content (AvgIpc) is 2.70. The number of benzene rings is 2. The third-order valence-electron chi connectivity index (χ3n) is 4.84. The SMILES string of the molecule is CCCCCCCCCCCSc1ccc(-c2ccc(C(=O)O)cc2)cc1. The Bertz CT molecular complexity index is 662. The van der Waals surface area contributed by atoms with Gasteiger partial charge in [0.2, 0.25) is 0 Å². The van der Waals surface area contributed by atoms with E-state index in [1.807, 2.05) is 23.9 Å². The Morgan fingerprint density at radius 1 is 0.741 bits per heavy atom. The summed E-state index contributed by atoms with van der Waals surface area (Å²) < 4.78 is 0. The molecular weight excluding hydrogens is 352 g/mol. The van der Waals surface area contributed by atoms with Crippen molar-refractivity contribution in [3.05, 3.63) is 54.1 Å². The van der Waals surface area contributed by atoms with E-state index in [0.717, 1.165) is 11.1 Å². The zero-order valence-corrected chi connectivity index (χ0v) is 17.3. The largest absolute Gasteiger partial charge is 0.478 e. The zero-order valence-electron chi connectivity index (χ0n) is 16.5. The van der Waals surface area contributed by atoms with E-state index in [0.29, 0.717) is 5.56 Å². The van der Waals surface area contributed by atoms with E-state index in [-0.39, 0.29) is 0 Å². The molecule has 0 amide bonds. The number of carboxylic acid groups (broad SMARTS) is 1. The van der Waals surface area contributed by atoms with Crippen LogP contribution in [0.5, 0.6) is 0 Å². The normalized spacial score (nSPS) is 10.9. The van der Waals surface area contributed by atoms with Gasteiger partial charge in [-0.3, -0.25) is 0 Å². The molecule has 0 radical (unpaired) electrons. The lowest BCUT2D eigenvalue weighted by atomic mass is 10.0. The second kappa shape index (κ2) is 12.6. The number of hydrogen-bond acceptors (Lipinski definition) is 2. The lowest BCUT2D eigenvalue weighted by Crippen LogP contribution is -1.94. The topological polar surface area (TPSA) is 37.3 Å². The fraction of sp³-hybridized carbons (Fsp3) is 0.458. The van der Waals surface area contributed by atoms with Gasteiger partial charge in [0.25, 0.3) is 0 Å². The third-order valence-corrected chi connectivity index (χ3v) is 5.93. The molecule has 2 rings (SSSR count). The molecule has 146 valence electrons. The number of hydrogen-bond donors (Lipinski definition) is 1. The summed E-state index contributed by atoms with van der Waals surface area (Å²) in [6.07, 6.45) is 12.3. The highest BCUT2D eigenvalue weighted by atomic mass is 32.2. The van der Waals surface area contributed by atoms with E-state index in [2.05, 4.69) is 31.2 Å². The zero-order chi connectivity index (χ0) is 19.3. The van der Waals surface area contributed by atoms with Crippen LogP contribution >= 0.6 is 11.8 Å². The van der Waals surface area contributed by atoms with E-state index in [1.165, 1.54) is 68.4 Å². The van der Waals surface area contributed by atoms with Crippen LogP contribution in [0.25, 0.3) is 11.1 Å². The van der Waals surface area contributed by atoms with Gasteiger partial charge in [-0.15, -0.1) is 11.8 Å². The minimum atomic E-state index is -0.884. The van der Waals surface area contributed by atoms with Crippen LogP contribution in [-0.4, -0.2) is 16.8 Å². The first-order chi connectivity index (χ1) is 13.2. The second-order valence-corrected chi connectivity index (χ2v) is 8.25. The summed E-state index contributed by atoms with van der Waals surface area (Å²) in [4.78, 5) is 12.2. The third kappa shape index (κ3) is 8.21. The molecule has 0 atom stereocenters. The predicted octanol–water partition coefficient (Wildman–Crippen LogP) is 7.67. The van der Waals surface area contributed by atoms with Crippen LogP contribution in [0.2, 0.25) is 0 Å². The summed E-state index contributed by atoms with van der Waals surface area (Å²) in [6, 6.07) is 15.6. The number of aromatic carboxylic acids is 1. The van der Waals surface area contributed by atoms with Gasteiger partial charge < -0.3 is 5.11 Å². The first-order valence-electron chi connectivity index (χ1n) is 10.3. The molecule has 0 aromatic heterocycles. The van der Waals surface area contributed by atoms with E-state index in [4.69, 9.17) is 5.11 Å². The summed E-state index contributed by atoms with van der Waals surface area (Å²) >= 11 is 1.93. The van der Waals surface area contributed by atoms with Crippen molar-refractivity contribution in [2.75, 3.05) is 5.75 Å². The van der Waals surface area contributed by atoms with Crippen molar-refractivity contribution in [2.24, 2.45) is 0 Å². The molecule has 2 aromatic carbocycles. The maximum absolute atomic E-state index is 10.9. The highest BCUT2D eigenvalue weighted by molar-refractivity contribution is 7.99. The van der Waals surface area contributed by atoms with Crippen molar-refractivity contribution in [1.82, 2.24) is 0 Å². The van der Waals surface area contributed by atoms with E-state index in [1.54, 1.807) is 12.1 Å². The van der Waals surface area contributed by atoms with Crippen LogP contribution in [-0.2, 0) is 0 Å². The lowest BCUT2D eigenvalue weighted by molar-refractivity contribution is 0.0697. The van der Waals surface area contributed by atoms with Crippen LogP contribution in [0.4, 0.5) is 0 Å². The summed E-state index contributed by atoms with van der Waals surface area (Å²) in [6.45, 7) is 2.27. The highest BCUT2D eigenvalue weighted by Gasteiger charge is 2.03. The quantitative estimate of drug-likeness (QED) is 0.284. The second-order valence-electron chi connectivity index (χ2n) is 7.08. The molecule has 0 saturated carbocycles. The van der Waals surface area contributed by atoms with Gasteiger partial charge in [-0.05, 0) is 47.6 Å². The molecule has 0 unspecified atom stereocenters. The van der Waals surface area contributed by atoms with Crippen LogP contribution in [0.1, 0.15) is 75.1 Å². The number of carbonyl (C=O) groups is 1. The fourth-order valence-electron chi connectivity index (χ4n) is 3.15. The van der Waals surface area contributed by atoms with Gasteiger partial charge in [-0.1, -0.05) is 82.6 Å². The first-order valence-corrected chi connectivity index (χ1v) is 11.3. The molecule has 2 aromatic rings. The number of carboxylic acids is 1. The van der Waals surface area contributed by atoms with Crippen molar-refractivity contribution in [1.29, 1.82) is 0 Å². The van der Waals surface area contributed by atoms with Crippen molar-refractivity contribution in [2.45, 2.75) is 69.6 Å². The monoisotopic (exact) mass is 384 g/mol. The van der Waals surface area contributed by atoms with Crippen molar-refractivity contribution in [3.63, 3.8) is 0 Å². The summed E-state index contributed by atoms with van der Waals surface area (Å²) in [5.41, 5.74) is 2.50. The minimum Gasteiger partial charge on any atom is -0.478 e. The van der Waals surface area contributed by atoms with Gasteiger partial charge in [0.15, 0.2) is 0 Å². The summed E-state index contributed by atoms with van der Waals surface area (Å²) in [5, 5.41) is 8.97. The molecule has 2 nitrogen and oxygen atoms in total. The Morgan fingerprint density at radius 3 is 1.74 bits per heavy atom. The molecule has 0 bridgehead atoms. The smallest absolute Gasteiger partial charge is 0.335 e. The Balaban J connectivity index is 1.63. The van der Waals surface area contributed by atoms with Crippen LogP contribution in [0.15, 0.2) is 53.4 Å². The molecule has 0 aliphatic heterocycles. The summed E-state index contributed by atoms with van der Waals surface area (Å²) in [7, 11) is 0. The Morgan fingerprint density at radius 2 is 1.22 bits per heavy atom. The van der Waals surface area contributed by atoms with Crippen molar-refractivity contribution in [3.8, 4) is 11.1 Å². The van der Waals surface area contributed by atoms with Gasteiger partial charge in [0.05, 0.1) is 5.56 Å². The van der Waals surface area contributed by atoms with Crippen LogP contribution in [0, 0.1) is 0 Å². The molecular formula is C24H32O2S. The molecule has 3 heteroatoms. The Kier molecular flexibility index (Phi) is 10.1. The first kappa shape index (κ1) is 21.6. The van der Waals surface area contributed by atoms with Gasteiger partial charge in [0.1, 0.15) is 0 Å². The van der Waals surface area contributed by atoms with E-state index in [9.17, 15) is 4.79 Å². The molecule has 0 fully saturated rings. The molecule has 1 N–H and O–H groups in total. The summed E-state index contributed by atoms with van der Waals surface area (Å²) in [5.74, 6) is 0.299. The van der Waals surface area contributed by atoms with Crippen LogP contribution < -0.4 is 0 Å². The molecule has 0 aliphatic carbocycles. The maximum atomic E-state index is 10.9. The van der Waals surface area contributed by atoms with E-state index >= 15 is 0 Å². The predicted molar refractivity (Wildman–Crippen MR) is 117 cm³/mol. The van der Waals surface area contributed by atoms with Gasteiger partial charge in [0, 0.05) is 4.90 Å². The van der Waals surface area contributed by atoms with Crippen LogP contribution in [0.3, 0.4) is 0 Å². The Labute approximate surface area is 168 Å². The fourth-order valence-corrected chi connectivity index (χ4v) is 4.06. The molecule has 0 aliphatic rings. The van der Waals surface area contributed by atoms with Crippen molar-refractivity contribution < 1.29 is 9.90 Å². The lowest BCUT2D eigenvalue weighted by Gasteiger charge is -2.06. The van der Waals surface area contributed by atoms with E-state index < -0.39 is 5.97 Å². The highest BCUT2D eigenvalue weighted by Crippen LogP contribution is 2.25. The standard InChI is InChI=1S/C24H32O2S/c1-2-3-4-5-6-7-8-9-10-19-27-23-17-15-21(16-18-23)20-11-13-22(14-12-20)24(25)26/h11-18H,2-10,19H2,1H3,(H,25,26).